The van der Waals surface area contributed by atoms with Gasteiger partial charge in [-0.25, -0.2) is 4.79 Å². The van der Waals surface area contributed by atoms with Gasteiger partial charge in [0.25, 0.3) is 0 Å². The van der Waals surface area contributed by atoms with Crippen molar-refractivity contribution in [3.8, 4) is 5.75 Å². The minimum absolute atomic E-state index is 0.00438. The van der Waals surface area contributed by atoms with Crippen LogP contribution in [0.15, 0.2) is 24.3 Å². The number of hydrogen-bond donors (Lipinski definition) is 1. The van der Waals surface area contributed by atoms with Crippen molar-refractivity contribution >= 4 is 17.6 Å². The van der Waals surface area contributed by atoms with Crippen LogP contribution in [0, 0.1) is 5.92 Å². The summed E-state index contributed by atoms with van der Waals surface area (Å²) < 4.78 is 5.94. The predicted octanol–water partition coefficient (Wildman–Crippen LogP) is 3.52. The first-order valence-electron chi connectivity index (χ1n) is 11.3. The van der Waals surface area contributed by atoms with E-state index in [0.717, 1.165) is 19.6 Å². The number of ether oxygens (including phenoxy) is 1. The largest absolute Gasteiger partial charge is 0.490 e. The molecule has 0 unspecified atom stereocenters. The number of para-hydroxylation sites is 2. The number of likely N-dealkylation sites (N-methyl/N-ethyl adjacent to an activating group) is 1. The lowest BCUT2D eigenvalue weighted by molar-refractivity contribution is -0.121. The Balaban J connectivity index is 1.87. The van der Waals surface area contributed by atoms with Crippen molar-refractivity contribution in [2.24, 2.45) is 5.92 Å². The molecule has 2 rings (SSSR count). The molecular weight excluding hydrogens is 380 g/mol. The number of hydrogen-bond acceptors (Lipinski definition) is 4. The zero-order valence-corrected chi connectivity index (χ0v) is 19.0. The Morgan fingerprint density at radius 3 is 2.27 bits per heavy atom. The molecule has 7 heteroatoms. The summed E-state index contributed by atoms with van der Waals surface area (Å²) in [5, 5.41) is 3.04. The monoisotopic (exact) mass is 418 g/mol. The number of nitrogens with zero attached hydrogens (tertiary/aromatic N) is 3. The number of benzene rings is 1. The van der Waals surface area contributed by atoms with Crippen molar-refractivity contribution in [1.29, 1.82) is 0 Å². The molecule has 1 aliphatic heterocycles. The Labute approximate surface area is 181 Å². The summed E-state index contributed by atoms with van der Waals surface area (Å²) >= 11 is 0. The minimum atomic E-state index is -0.0884. The predicted molar refractivity (Wildman–Crippen MR) is 121 cm³/mol. The maximum atomic E-state index is 12.8. The number of amides is 3. The van der Waals surface area contributed by atoms with Gasteiger partial charge in [0, 0.05) is 38.6 Å². The van der Waals surface area contributed by atoms with E-state index in [2.05, 4.69) is 24.1 Å². The van der Waals surface area contributed by atoms with Crippen LogP contribution in [0.3, 0.4) is 0 Å². The second-order valence-electron chi connectivity index (χ2n) is 7.58. The Morgan fingerprint density at radius 1 is 1.03 bits per heavy atom. The van der Waals surface area contributed by atoms with Crippen LogP contribution in [0.2, 0.25) is 0 Å². The average molecular weight is 419 g/mol. The number of urea groups is 1. The number of carbonyl (C=O) groups is 2. The van der Waals surface area contributed by atoms with Gasteiger partial charge in [-0.2, -0.15) is 0 Å². The number of likely N-dealkylation sites (tertiary alicyclic amines) is 1. The lowest BCUT2D eigenvalue weighted by Crippen LogP contribution is -2.47. The summed E-state index contributed by atoms with van der Waals surface area (Å²) in [4.78, 5) is 31.3. The summed E-state index contributed by atoms with van der Waals surface area (Å²) in [5.74, 6) is 0.617. The second-order valence-corrected chi connectivity index (χ2v) is 7.58. The standard InChI is InChI=1S/C23H38N4O3/c1-5-25(6-2)17-18-30-21-12-10-9-11-20(21)24-22(28)19-13-15-27(16-14-19)23(29)26(7-3)8-4/h9-12,19H,5-8,13-18H2,1-4H3,(H,24,28). The smallest absolute Gasteiger partial charge is 0.319 e. The minimum Gasteiger partial charge on any atom is -0.490 e. The molecule has 3 amide bonds. The Bertz CT molecular complexity index is 666. The van der Waals surface area contributed by atoms with E-state index in [1.165, 1.54) is 0 Å². The number of anilines is 1. The molecule has 0 saturated carbocycles. The fourth-order valence-electron chi connectivity index (χ4n) is 3.78. The molecule has 0 aromatic heterocycles. The van der Waals surface area contributed by atoms with Crippen LogP contribution < -0.4 is 10.1 Å². The highest BCUT2D eigenvalue weighted by molar-refractivity contribution is 5.94. The second kappa shape index (κ2) is 12.4. The molecule has 1 heterocycles. The van der Waals surface area contributed by atoms with Gasteiger partial charge >= 0.3 is 6.03 Å². The molecule has 1 aliphatic rings. The van der Waals surface area contributed by atoms with Crippen molar-refractivity contribution in [1.82, 2.24) is 14.7 Å². The van der Waals surface area contributed by atoms with Gasteiger partial charge < -0.3 is 24.8 Å². The van der Waals surface area contributed by atoms with Gasteiger partial charge in [-0.05, 0) is 51.9 Å². The SMILES string of the molecule is CCN(CC)CCOc1ccccc1NC(=O)C1CCN(C(=O)N(CC)CC)CC1. The van der Waals surface area contributed by atoms with E-state index in [1.54, 1.807) is 0 Å². The van der Waals surface area contributed by atoms with E-state index in [1.807, 2.05) is 47.9 Å². The van der Waals surface area contributed by atoms with E-state index < -0.39 is 0 Å². The molecule has 1 saturated heterocycles. The van der Waals surface area contributed by atoms with Crippen LogP contribution in [0.4, 0.5) is 10.5 Å². The third-order valence-electron chi connectivity index (χ3n) is 5.87. The van der Waals surface area contributed by atoms with Crippen LogP contribution in [0.1, 0.15) is 40.5 Å². The van der Waals surface area contributed by atoms with Crippen LogP contribution >= 0.6 is 0 Å². The van der Waals surface area contributed by atoms with Crippen molar-refractivity contribution in [2.75, 3.05) is 57.7 Å². The molecule has 1 aromatic rings. The normalized spacial score (nSPS) is 14.6. The third-order valence-corrected chi connectivity index (χ3v) is 5.87. The van der Waals surface area contributed by atoms with Gasteiger partial charge in [0.1, 0.15) is 12.4 Å². The highest BCUT2D eigenvalue weighted by Gasteiger charge is 2.29. The van der Waals surface area contributed by atoms with E-state index in [0.29, 0.717) is 57.1 Å². The molecule has 0 bridgehead atoms. The molecule has 0 atom stereocenters. The zero-order chi connectivity index (χ0) is 21.9. The number of rotatable bonds is 10. The number of carbonyl (C=O) groups excluding carboxylic acids is 2. The van der Waals surface area contributed by atoms with Crippen LogP contribution in [-0.2, 0) is 4.79 Å². The maximum Gasteiger partial charge on any atom is 0.319 e. The fraction of sp³-hybridized carbons (Fsp3) is 0.652. The summed E-state index contributed by atoms with van der Waals surface area (Å²) in [5.41, 5.74) is 0.712. The molecular formula is C23H38N4O3. The van der Waals surface area contributed by atoms with Crippen LogP contribution in [0.25, 0.3) is 0 Å². The highest BCUT2D eigenvalue weighted by Crippen LogP contribution is 2.26. The van der Waals surface area contributed by atoms with Crippen LogP contribution in [0.5, 0.6) is 5.75 Å². The van der Waals surface area contributed by atoms with Gasteiger partial charge in [-0.1, -0.05) is 26.0 Å². The van der Waals surface area contributed by atoms with E-state index in [-0.39, 0.29) is 17.9 Å². The van der Waals surface area contributed by atoms with Crippen LogP contribution in [-0.4, -0.2) is 79.1 Å². The molecule has 0 aliphatic carbocycles. The van der Waals surface area contributed by atoms with Crippen molar-refractivity contribution in [3.63, 3.8) is 0 Å². The quantitative estimate of drug-likeness (QED) is 0.631. The molecule has 30 heavy (non-hydrogen) atoms. The number of piperidine rings is 1. The summed E-state index contributed by atoms with van der Waals surface area (Å²) in [6.45, 7) is 14.3. The van der Waals surface area contributed by atoms with E-state index in [4.69, 9.17) is 4.74 Å². The van der Waals surface area contributed by atoms with Gasteiger partial charge in [0.2, 0.25) is 5.91 Å². The van der Waals surface area contributed by atoms with Crippen molar-refractivity contribution < 1.29 is 14.3 Å². The third kappa shape index (κ3) is 6.62. The Hall–Kier alpha value is -2.28. The molecule has 1 aromatic carbocycles. The summed E-state index contributed by atoms with van der Waals surface area (Å²) in [7, 11) is 0. The topological polar surface area (TPSA) is 65.1 Å². The Morgan fingerprint density at radius 2 is 1.67 bits per heavy atom. The Kier molecular flexibility index (Phi) is 9.94. The fourth-order valence-corrected chi connectivity index (χ4v) is 3.78. The highest BCUT2D eigenvalue weighted by atomic mass is 16.5. The van der Waals surface area contributed by atoms with Gasteiger partial charge in [-0.3, -0.25) is 4.79 Å². The molecule has 0 radical (unpaired) electrons. The lowest BCUT2D eigenvalue weighted by atomic mass is 9.96. The molecule has 1 N–H and O–H groups in total. The van der Waals surface area contributed by atoms with E-state index in [9.17, 15) is 9.59 Å². The van der Waals surface area contributed by atoms with Gasteiger partial charge in [0.15, 0.2) is 0 Å². The number of nitrogens with one attached hydrogen (secondary N) is 1. The van der Waals surface area contributed by atoms with Crippen molar-refractivity contribution in [2.45, 2.75) is 40.5 Å². The van der Waals surface area contributed by atoms with Crippen molar-refractivity contribution in [3.05, 3.63) is 24.3 Å². The first-order valence-corrected chi connectivity index (χ1v) is 11.3. The molecule has 168 valence electrons. The lowest BCUT2D eigenvalue weighted by Gasteiger charge is -2.34. The first-order chi connectivity index (χ1) is 14.5. The summed E-state index contributed by atoms with van der Waals surface area (Å²) in [6, 6.07) is 7.66. The molecule has 1 fully saturated rings. The van der Waals surface area contributed by atoms with Gasteiger partial charge in [0.05, 0.1) is 5.69 Å². The van der Waals surface area contributed by atoms with E-state index >= 15 is 0 Å². The molecule has 0 spiro atoms. The zero-order valence-electron chi connectivity index (χ0n) is 19.0. The molecule has 7 nitrogen and oxygen atoms in total. The maximum absolute atomic E-state index is 12.8. The first kappa shape index (κ1) is 24.0. The average Bonchev–Trinajstić information content (AvgIpc) is 2.78. The van der Waals surface area contributed by atoms with Gasteiger partial charge in [-0.15, -0.1) is 0 Å². The summed E-state index contributed by atoms with van der Waals surface area (Å²) in [6.07, 6.45) is 1.37.